The van der Waals surface area contributed by atoms with Gasteiger partial charge in [-0.3, -0.25) is 4.79 Å². The van der Waals surface area contributed by atoms with E-state index < -0.39 is 10.6 Å². The number of hydrogen-bond donors (Lipinski definition) is 0. The van der Waals surface area contributed by atoms with Crippen LogP contribution in [0.3, 0.4) is 0 Å². The van der Waals surface area contributed by atoms with Crippen molar-refractivity contribution in [2.24, 2.45) is 0 Å². The molecule has 1 nitrogen and oxygen atoms in total. The molecule has 3 heteroatoms. The summed E-state index contributed by atoms with van der Waals surface area (Å²) in [5.74, 6) is 0. The van der Waals surface area contributed by atoms with Gasteiger partial charge in [0.05, 0.1) is 0 Å². The fourth-order valence-corrected chi connectivity index (χ4v) is 1.14. The molecule has 0 aliphatic carbocycles. The molecule has 0 fully saturated rings. The van der Waals surface area contributed by atoms with Crippen molar-refractivity contribution in [2.75, 3.05) is 0 Å². The minimum atomic E-state index is -0.729. The summed E-state index contributed by atoms with van der Waals surface area (Å²) in [7, 11) is 0. The van der Waals surface area contributed by atoms with E-state index in [1.807, 2.05) is 19.1 Å². The summed E-state index contributed by atoms with van der Waals surface area (Å²) >= 11 is 10.9. The molecule has 1 rings (SSSR count). The largest absolute Gasteiger partial charge is 0.279 e. The molecule has 0 saturated heterocycles. The molecular weight excluding hydrogens is 195 g/mol. The van der Waals surface area contributed by atoms with Crippen LogP contribution in [-0.2, 0) is 4.79 Å². The molecule has 0 aliphatic rings. The Hall–Kier alpha value is -0.530. The molecule has 1 aromatic carbocycles. The van der Waals surface area contributed by atoms with Crippen molar-refractivity contribution < 1.29 is 4.79 Å². The first-order valence-electron chi connectivity index (χ1n) is 3.51. The maximum absolute atomic E-state index is 10.7. The second kappa shape index (κ2) is 3.92. The van der Waals surface area contributed by atoms with Gasteiger partial charge in [-0.1, -0.05) is 29.8 Å². The number of aryl methyl sites for hydroxylation is 1. The van der Waals surface area contributed by atoms with Gasteiger partial charge in [-0.15, -0.1) is 11.6 Å². The number of alkyl halides is 1. The molecule has 1 aromatic rings. The van der Waals surface area contributed by atoms with Crippen LogP contribution < -0.4 is 0 Å². The minimum absolute atomic E-state index is 0.541. The molecular formula is C9H8Cl2O. The van der Waals surface area contributed by atoms with Crippen LogP contribution in [0.15, 0.2) is 24.3 Å². The first kappa shape index (κ1) is 9.56. The molecule has 12 heavy (non-hydrogen) atoms. The Morgan fingerprint density at radius 1 is 1.33 bits per heavy atom. The molecule has 0 amide bonds. The summed E-state index contributed by atoms with van der Waals surface area (Å²) in [6.45, 7) is 1.97. The number of hydrogen-bond acceptors (Lipinski definition) is 1. The van der Waals surface area contributed by atoms with Gasteiger partial charge >= 0.3 is 0 Å². The third-order valence-corrected chi connectivity index (χ3v) is 2.35. The van der Waals surface area contributed by atoms with Crippen LogP contribution in [0.25, 0.3) is 0 Å². The fraction of sp³-hybridized carbons (Fsp3) is 0.222. The van der Waals surface area contributed by atoms with Crippen molar-refractivity contribution in [3.63, 3.8) is 0 Å². The molecule has 0 heterocycles. The van der Waals surface area contributed by atoms with Crippen LogP contribution in [-0.4, -0.2) is 5.24 Å². The Balaban J connectivity index is 2.89. The molecule has 0 bridgehead atoms. The number of benzene rings is 1. The zero-order valence-corrected chi connectivity index (χ0v) is 8.06. The Morgan fingerprint density at radius 2 is 1.83 bits per heavy atom. The van der Waals surface area contributed by atoms with Crippen molar-refractivity contribution in [1.29, 1.82) is 0 Å². The Labute approximate surface area is 81.3 Å². The van der Waals surface area contributed by atoms with E-state index in [4.69, 9.17) is 23.2 Å². The average Bonchev–Trinajstić information content (AvgIpc) is 2.04. The summed E-state index contributed by atoms with van der Waals surface area (Å²) in [6.07, 6.45) is 0. The van der Waals surface area contributed by atoms with Gasteiger partial charge < -0.3 is 0 Å². The van der Waals surface area contributed by atoms with Crippen LogP contribution in [0.4, 0.5) is 0 Å². The van der Waals surface area contributed by atoms with E-state index >= 15 is 0 Å². The van der Waals surface area contributed by atoms with Crippen molar-refractivity contribution in [2.45, 2.75) is 12.3 Å². The van der Waals surface area contributed by atoms with E-state index in [0.29, 0.717) is 0 Å². The highest BCUT2D eigenvalue weighted by Crippen LogP contribution is 2.22. The molecule has 0 aliphatic heterocycles. The molecule has 0 radical (unpaired) electrons. The Kier molecular flexibility index (Phi) is 3.12. The lowest BCUT2D eigenvalue weighted by atomic mass is 10.1. The van der Waals surface area contributed by atoms with Gasteiger partial charge in [-0.25, -0.2) is 0 Å². The number of carbonyl (C=O) groups excluding carboxylic acids is 1. The molecule has 1 unspecified atom stereocenters. The van der Waals surface area contributed by atoms with Crippen molar-refractivity contribution in [1.82, 2.24) is 0 Å². The lowest BCUT2D eigenvalue weighted by Gasteiger charge is -2.03. The zero-order valence-electron chi connectivity index (χ0n) is 6.55. The summed E-state index contributed by atoms with van der Waals surface area (Å²) in [6, 6.07) is 7.38. The van der Waals surface area contributed by atoms with E-state index in [9.17, 15) is 4.79 Å². The number of halogens is 2. The third kappa shape index (κ3) is 2.23. The summed E-state index contributed by atoms with van der Waals surface area (Å²) < 4.78 is 0. The predicted molar refractivity (Wildman–Crippen MR) is 50.6 cm³/mol. The lowest BCUT2D eigenvalue weighted by molar-refractivity contribution is -0.111. The monoisotopic (exact) mass is 202 g/mol. The fourth-order valence-electron chi connectivity index (χ4n) is 0.866. The van der Waals surface area contributed by atoms with Crippen LogP contribution in [0.1, 0.15) is 16.5 Å². The van der Waals surface area contributed by atoms with Gasteiger partial charge in [-0.2, -0.15) is 0 Å². The SMILES string of the molecule is Cc1ccc(C(Cl)C(=O)Cl)cc1. The van der Waals surface area contributed by atoms with Gasteiger partial charge in [0.25, 0.3) is 0 Å². The first-order chi connectivity index (χ1) is 5.61. The third-order valence-electron chi connectivity index (χ3n) is 1.57. The quantitative estimate of drug-likeness (QED) is 0.533. The highest BCUT2D eigenvalue weighted by atomic mass is 35.5. The normalized spacial score (nSPS) is 12.6. The molecule has 0 saturated carbocycles. The van der Waals surface area contributed by atoms with Gasteiger partial charge in [0.1, 0.15) is 5.38 Å². The minimum Gasteiger partial charge on any atom is -0.279 e. The van der Waals surface area contributed by atoms with E-state index in [1.165, 1.54) is 0 Å². The molecule has 64 valence electrons. The molecule has 0 aromatic heterocycles. The Bertz CT molecular complexity index is 279. The van der Waals surface area contributed by atoms with E-state index in [-0.39, 0.29) is 0 Å². The van der Waals surface area contributed by atoms with Crippen molar-refractivity contribution in [3.05, 3.63) is 35.4 Å². The number of carbonyl (C=O) groups is 1. The highest BCUT2D eigenvalue weighted by Gasteiger charge is 2.13. The summed E-state index contributed by atoms with van der Waals surface area (Å²) in [5, 5.41) is -1.27. The maximum atomic E-state index is 10.7. The van der Waals surface area contributed by atoms with Crippen LogP contribution >= 0.6 is 23.2 Å². The molecule has 1 atom stereocenters. The molecule has 0 spiro atoms. The average molecular weight is 203 g/mol. The maximum Gasteiger partial charge on any atom is 0.244 e. The predicted octanol–water partition coefficient (Wildman–Crippen LogP) is 3.04. The van der Waals surface area contributed by atoms with Gasteiger partial charge in [0.2, 0.25) is 5.24 Å². The topological polar surface area (TPSA) is 17.1 Å². The summed E-state index contributed by atoms with van der Waals surface area (Å²) in [4.78, 5) is 10.7. The second-order valence-electron chi connectivity index (χ2n) is 2.58. The van der Waals surface area contributed by atoms with Gasteiger partial charge in [0, 0.05) is 0 Å². The standard InChI is InChI=1S/C9H8Cl2O/c1-6-2-4-7(5-3-6)8(10)9(11)12/h2-5,8H,1H3. The van der Waals surface area contributed by atoms with Crippen LogP contribution in [0, 0.1) is 6.92 Å². The van der Waals surface area contributed by atoms with Gasteiger partial charge in [0.15, 0.2) is 0 Å². The van der Waals surface area contributed by atoms with E-state index in [2.05, 4.69) is 0 Å². The van der Waals surface area contributed by atoms with Crippen molar-refractivity contribution in [3.8, 4) is 0 Å². The second-order valence-corrected chi connectivity index (χ2v) is 3.39. The lowest BCUT2D eigenvalue weighted by Crippen LogP contribution is -1.98. The van der Waals surface area contributed by atoms with Crippen LogP contribution in [0.5, 0.6) is 0 Å². The number of rotatable bonds is 2. The highest BCUT2D eigenvalue weighted by molar-refractivity contribution is 6.68. The zero-order chi connectivity index (χ0) is 9.14. The summed E-state index contributed by atoms with van der Waals surface area (Å²) in [5.41, 5.74) is 1.87. The van der Waals surface area contributed by atoms with Crippen LogP contribution in [0.2, 0.25) is 0 Å². The van der Waals surface area contributed by atoms with Gasteiger partial charge in [-0.05, 0) is 24.1 Å². The van der Waals surface area contributed by atoms with Crippen molar-refractivity contribution >= 4 is 28.4 Å². The van der Waals surface area contributed by atoms with E-state index in [1.54, 1.807) is 12.1 Å². The Morgan fingerprint density at radius 3 is 2.25 bits per heavy atom. The molecule has 0 N–H and O–H groups in total. The first-order valence-corrected chi connectivity index (χ1v) is 4.32. The smallest absolute Gasteiger partial charge is 0.244 e. The van der Waals surface area contributed by atoms with E-state index in [0.717, 1.165) is 11.1 Å².